The molecule has 1 saturated heterocycles. The van der Waals surface area contributed by atoms with Crippen LogP contribution in [-0.2, 0) is 21.6 Å². The molecule has 0 radical (unpaired) electrons. The zero-order valence-electron chi connectivity index (χ0n) is 10.1. The predicted octanol–water partition coefficient (Wildman–Crippen LogP) is 2.73. The first-order chi connectivity index (χ1) is 8.16. The zero-order chi connectivity index (χ0) is 12.3. The largest absolute Gasteiger partial charge is 0.481 e. The maximum Gasteiger partial charge on any atom is 0.303 e. The lowest BCUT2D eigenvalue weighted by molar-refractivity contribution is -0.165. The highest BCUT2D eigenvalue weighted by Crippen LogP contribution is 2.41. The summed E-state index contributed by atoms with van der Waals surface area (Å²) < 4.78 is 5.66. The molecule has 1 heterocycles. The van der Waals surface area contributed by atoms with E-state index in [9.17, 15) is 4.79 Å². The minimum Gasteiger partial charge on any atom is -0.481 e. The van der Waals surface area contributed by atoms with Crippen LogP contribution < -0.4 is 0 Å². The summed E-state index contributed by atoms with van der Waals surface area (Å²) in [5.41, 5.74) is 2.06. The molecule has 1 aromatic carbocycles. The molecule has 3 nitrogen and oxygen atoms in total. The molecule has 1 aliphatic rings. The van der Waals surface area contributed by atoms with Crippen molar-refractivity contribution in [2.45, 2.75) is 38.2 Å². The number of hydrogen-bond donors (Lipinski definition) is 1. The second kappa shape index (κ2) is 4.88. The second-order valence-electron chi connectivity index (χ2n) is 4.54. The number of rotatable bonds is 5. The van der Waals surface area contributed by atoms with Gasteiger partial charge in [0.25, 0.3) is 0 Å². The van der Waals surface area contributed by atoms with E-state index in [4.69, 9.17) is 9.84 Å². The second-order valence-corrected chi connectivity index (χ2v) is 4.54. The summed E-state index contributed by atoms with van der Waals surface area (Å²) in [6.45, 7) is 2.85. The zero-order valence-corrected chi connectivity index (χ0v) is 10.1. The van der Waals surface area contributed by atoms with Gasteiger partial charge in [-0.25, -0.2) is 0 Å². The van der Waals surface area contributed by atoms with Gasteiger partial charge in [-0.1, -0.05) is 31.2 Å². The molecule has 3 heteroatoms. The Balaban J connectivity index is 2.13. The number of benzene rings is 1. The Hall–Kier alpha value is -1.35. The Morgan fingerprint density at radius 3 is 2.47 bits per heavy atom. The summed E-state index contributed by atoms with van der Waals surface area (Å²) in [7, 11) is 0. The van der Waals surface area contributed by atoms with Crippen LogP contribution in [0.3, 0.4) is 0 Å². The van der Waals surface area contributed by atoms with Crippen LogP contribution in [0.25, 0.3) is 0 Å². The quantitative estimate of drug-likeness (QED) is 0.852. The van der Waals surface area contributed by atoms with Crippen LogP contribution in [-0.4, -0.2) is 17.7 Å². The van der Waals surface area contributed by atoms with E-state index in [1.165, 1.54) is 5.56 Å². The lowest BCUT2D eigenvalue weighted by Crippen LogP contribution is -2.41. The summed E-state index contributed by atoms with van der Waals surface area (Å²) >= 11 is 0. The van der Waals surface area contributed by atoms with E-state index < -0.39 is 5.97 Å². The van der Waals surface area contributed by atoms with Gasteiger partial charge in [-0.3, -0.25) is 4.79 Å². The summed E-state index contributed by atoms with van der Waals surface area (Å²) in [6, 6.07) is 8.33. The molecule has 0 saturated carbocycles. The monoisotopic (exact) mass is 234 g/mol. The van der Waals surface area contributed by atoms with Crippen LogP contribution in [0.2, 0.25) is 0 Å². The molecule has 0 aliphatic carbocycles. The van der Waals surface area contributed by atoms with E-state index in [2.05, 4.69) is 31.2 Å². The third kappa shape index (κ3) is 2.50. The predicted molar refractivity (Wildman–Crippen MR) is 64.9 cm³/mol. The van der Waals surface area contributed by atoms with Gasteiger partial charge >= 0.3 is 5.97 Å². The van der Waals surface area contributed by atoms with E-state index >= 15 is 0 Å². The minimum atomic E-state index is -0.759. The molecule has 17 heavy (non-hydrogen) atoms. The lowest BCUT2D eigenvalue weighted by atomic mass is 9.82. The fourth-order valence-electron chi connectivity index (χ4n) is 2.27. The summed E-state index contributed by atoms with van der Waals surface area (Å²) in [4.78, 5) is 10.7. The molecule has 0 bridgehead atoms. The normalized spacial score (nSPS) is 23.1. The first-order valence-electron chi connectivity index (χ1n) is 6.11. The number of ether oxygens (including phenoxy) is 1. The smallest absolute Gasteiger partial charge is 0.303 e. The lowest BCUT2D eigenvalue weighted by Gasteiger charge is -2.42. The molecular weight excluding hydrogens is 216 g/mol. The molecule has 1 aliphatic heterocycles. The van der Waals surface area contributed by atoms with Crippen LogP contribution in [0.15, 0.2) is 24.3 Å². The molecule has 0 amide bonds. The highest BCUT2D eigenvalue weighted by molar-refractivity contribution is 5.66. The fraction of sp³-hybridized carbons (Fsp3) is 0.500. The standard InChI is InChI=1S/C14H18O3/c1-2-11-3-5-12(6-4-11)14(9-10-17-14)8-7-13(15)16/h3-6H,2,7-10H2,1H3,(H,15,16). The van der Waals surface area contributed by atoms with Crippen LogP contribution in [0, 0.1) is 0 Å². The molecular formula is C14H18O3. The van der Waals surface area contributed by atoms with Crippen molar-refractivity contribution in [3.8, 4) is 0 Å². The third-order valence-corrected chi connectivity index (χ3v) is 3.52. The van der Waals surface area contributed by atoms with E-state index in [0.29, 0.717) is 6.42 Å². The highest BCUT2D eigenvalue weighted by atomic mass is 16.5. The van der Waals surface area contributed by atoms with Gasteiger partial charge in [-0.05, 0) is 24.0 Å². The van der Waals surface area contributed by atoms with Crippen molar-refractivity contribution >= 4 is 5.97 Å². The number of carboxylic acids is 1. The molecule has 0 aromatic heterocycles. The summed E-state index contributed by atoms with van der Waals surface area (Å²) in [6.07, 6.45) is 2.67. The van der Waals surface area contributed by atoms with Crippen LogP contribution in [0.4, 0.5) is 0 Å². The van der Waals surface area contributed by atoms with Crippen LogP contribution >= 0.6 is 0 Å². The first kappa shape index (κ1) is 12.1. The van der Waals surface area contributed by atoms with Gasteiger partial charge < -0.3 is 9.84 Å². The number of aryl methyl sites for hydroxylation is 1. The SMILES string of the molecule is CCc1ccc(C2(CCC(=O)O)CCO2)cc1. The Morgan fingerprint density at radius 2 is 2.06 bits per heavy atom. The van der Waals surface area contributed by atoms with Crippen molar-refractivity contribution in [2.24, 2.45) is 0 Å². The van der Waals surface area contributed by atoms with E-state index in [1.54, 1.807) is 0 Å². The molecule has 1 aromatic rings. The molecule has 2 rings (SSSR count). The van der Waals surface area contributed by atoms with Gasteiger partial charge in [0.05, 0.1) is 12.2 Å². The fourth-order valence-corrected chi connectivity index (χ4v) is 2.27. The van der Waals surface area contributed by atoms with Crippen LogP contribution in [0.5, 0.6) is 0 Å². The van der Waals surface area contributed by atoms with Crippen molar-refractivity contribution in [3.05, 3.63) is 35.4 Å². The van der Waals surface area contributed by atoms with E-state index in [0.717, 1.165) is 25.0 Å². The summed E-state index contributed by atoms with van der Waals surface area (Å²) in [5, 5.41) is 8.77. The number of carbonyl (C=O) groups is 1. The number of aliphatic carboxylic acids is 1. The van der Waals surface area contributed by atoms with E-state index in [1.807, 2.05) is 0 Å². The summed E-state index contributed by atoms with van der Waals surface area (Å²) in [5.74, 6) is -0.759. The highest BCUT2D eigenvalue weighted by Gasteiger charge is 2.40. The average molecular weight is 234 g/mol. The molecule has 1 atom stereocenters. The van der Waals surface area contributed by atoms with Gasteiger partial charge in [-0.2, -0.15) is 0 Å². The van der Waals surface area contributed by atoms with Gasteiger partial charge in [-0.15, -0.1) is 0 Å². The molecule has 1 N–H and O–H groups in total. The van der Waals surface area contributed by atoms with Gasteiger partial charge in [0.15, 0.2) is 0 Å². The van der Waals surface area contributed by atoms with Crippen molar-refractivity contribution in [1.82, 2.24) is 0 Å². The third-order valence-electron chi connectivity index (χ3n) is 3.52. The topological polar surface area (TPSA) is 46.5 Å². The first-order valence-corrected chi connectivity index (χ1v) is 6.11. The Kier molecular flexibility index (Phi) is 3.48. The van der Waals surface area contributed by atoms with Crippen molar-refractivity contribution in [3.63, 3.8) is 0 Å². The minimum absolute atomic E-state index is 0.162. The maximum atomic E-state index is 10.7. The molecule has 92 valence electrons. The molecule has 1 unspecified atom stereocenters. The Labute approximate surface area is 101 Å². The molecule has 0 spiro atoms. The van der Waals surface area contributed by atoms with Crippen molar-refractivity contribution in [2.75, 3.05) is 6.61 Å². The van der Waals surface area contributed by atoms with Crippen molar-refractivity contribution < 1.29 is 14.6 Å². The average Bonchev–Trinajstić information content (AvgIpc) is 2.28. The number of carboxylic acid groups (broad SMARTS) is 1. The number of hydrogen-bond acceptors (Lipinski definition) is 2. The maximum absolute atomic E-state index is 10.7. The van der Waals surface area contributed by atoms with Crippen LogP contribution in [0.1, 0.15) is 37.3 Å². The Morgan fingerprint density at radius 1 is 1.41 bits per heavy atom. The van der Waals surface area contributed by atoms with E-state index in [-0.39, 0.29) is 12.0 Å². The van der Waals surface area contributed by atoms with Gasteiger partial charge in [0.1, 0.15) is 0 Å². The van der Waals surface area contributed by atoms with Crippen molar-refractivity contribution in [1.29, 1.82) is 0 Å². The van der Waals surface area contributed by atoms with Gasteiger partial charge in [0, 0.05) is 12.8 Å². The molecule has 1 fully saturated rings. The Bertz CT molecular complexity index is 390. The van der Waals surface area contributed by atoms with Gasteiger partial charge in [0.2, 0.25) is 0 Å².